The molecule has 0 spiro atoms. The predicted molar refractivity (Wildman–Crippen MR) is 93.8 cm³/mol. The second kappa shape index (κ2) is 6.55. The summed E-state index contributed by atoms with van der Waals surface area (Å²) < 4.78 is 13.2. The summed E-state index contributed by atoms with van der Waals surface area (Å²) in [5.41, 5.74) is 4.10. The Labute approximate surface area is 145 Å². The third kappa shape index (κ3) is 3.20. The molecule has 3 aromatic rings. The number of benzene rings is 1. The van der Waals surface area contributed by atoms with E-state index in [0.29, 0.717) is 5.82 Å². The van der Waals surface area contributed by atoms with Crippen molar-refractivity contribution in [2.45, 2.75) is 19.8 Å². The van der Waals surface area contributed by atoms with Gasteiger partial charge in [0, 0.05) is 48.9 Å². The van der Waals surface area contributed by atoms with Crippen molar-refractivity contribution in [3.8, 4) is 11.4 Å². The second-order valence-corrected chi connectivity index (χ2v) is 6.12. The van der Waals surface area contributed by atoms with Gasteiger partial charge in [-0.1, -0.05) is 0 Å². The van der Waals surface area contributed by atoms with Gasteiger partial charge in [0.25, 0.3) is 0 Å². The minimum absolute atomic E-state index is 0.255. The first-order valence-corrected chi connectivity index (χ1v) is 8.34. The molecule has 0 fully saturated rings. The van der Waals surface area contributed by atoms with Gasteiger partial charge in [-0.3, -0.25) is 4.98 Å². The van der Waals surface area contributed by atoms with Crippen LogP contribution in [-0.4, -0.2) is 33.0 Å². The summed E-state index contributed by atoms with van der Waals surface area (Å²) in [6, 6.07) is 6.32. The van der Waals surface area contributed by atoms with Crippen LogP contribution in [0.4, 0.5) is 10.2 Å². The van der Waals surface area contributed by atoms with Crippen LogP contribution < -0.4 is 4.90 Å². The molecule has 0 radical (unpaired) electrons. The first-order chi connectivity index (χ1) is 12.2. The van der Waals surface area contributed by atoms with Crippen molar-refractivity contribution in [2.24, 2.45) is 0 Å². The molecule has 0 amide bonds. The number of rotatable bonds is 2. The van der Waals surface area contributed by atoms with Gasteiger partial charge < -0.3 is 4.90 Å². The van der Waals surface area contributed by atoms with Crippen LogP contribution in [0.1, 0.15) is 17.0 Å². The smallest absolute Gasteiger partial charge is 0.159 e. The molecule has 0 aliphatic carbocycles. The Morgan fingerprint density at radius 3 is 2.56 bits per heavy atom. The molecule has 25 heavy (non-hydrogen) atoms. The van der Waals surface area contributed by atoms with Crippen LogP contribution in [-0.2, 0) is 12.8 Å². The Morgan fingerprint density at radius 2 is 1.80 bits per heavy atom. The molecule has 4 rings (SSSR count). The Balaban J connectivity index is 1.64. The summed E-state index contributed by atoms with van der Waals surface area (Å²) in [6.07, 6.45) is 6.88. The van der Waals surface area contributed by atoms with E-state index in [4.69, 9.17) is 4.98 Å². The summed E-state index contributed by atoms with van der Waals surface area (Å²) in [5.74, 6) is 1.29. The lowest BCUT2D eigenvalue weighted by atomic mass is 10.1. The molecule has 126 valence electrons. The van der Waals surface area contributed by atoms with Gasteiger partial charge in [0.15, 0.2) is 5.82 Å². The second-order valence-electron chi connectivity index (χ2n) is 6.12. The fourth-order valence-corrected chi connectivity index (χ4v) is 3.20. The molecule has 0 unspecified atom stereocenters. The SMILES string of the molecule is Cc1nc(-c2ccc(F)cc2)nc2c1CCN(c1cnccn1)CC2. The van der Waals surface area contributed by atoms with E-state index in [0.717, 1.165) is 48.7 Å². The van der Waals surface area contributed by atoms with Crippen LogP contribution in [0.3, 0.4) is 0 Å². The Morgan fingerprint density at radius 1 is 1.00 bits per heavy atom. The van der Waals surface area contributed by atoms with E-state index in [9.17, 15) is 4.39 Å². The minimum atomic E-state index is -0.255. The molecule has 5 nitrogen and oxygen atoms in total. The van der Waals surface area contributed by atoms with Crippen molar-refractivity contribution in [3.05, 3.63) is 65.6 Å². The topological polar surface area (TPSA) is 54.8 Å². The van der Waals surface area contributed by atoms with E-state index in [1.807, 2.05) is 6.92 Å². The number of anilines is 1. The molecule has 1 aliphatic heterocycles. The fraction of sp³-hybridized carbons (Fsp3) is 0.263. The van der Waals surface area contributed by atoms with Gasteiger partial charge in [-0.15, -0.1) is 0 Å². The summed E-state index contributed by atoms with van der Waals surface area (Å²) >= 11 is 0. The molecule has 0 bridgehead atoms. The van der Waals surface area contributed by atoms with Crippen LogP contribution in [0.25, 0.3) is 11.4 Å². The zero-order valence-electron chi connectivity index (χ0n) is 14.0. The largest absolute Gasteiger partial charge is 0.355 e. The van der Waals surface area contributed by atoms with Crippen LogP contribution in [0.15, 0.2) is 42.9 Å². The summed E-state index contributed by atoms with van der Waals surface area (Å²) in [5, 5.41) is 0. The minimum Gasteiger partial charge on any atom is -0.355 e. The van der Waals surface area contributed by atoms with E-state index in [2.05, 4.69) is 19.9 Å². The highest BCUT2D eigenvalue weighted by Crippen LogP contribution is 2.23. The Kier molecular flexibility index (Phi) is 4.09. The molecular weight excluding hydrogens is 317 g/mol. The number of hydrogen-bond donors (Lipinski definition) is 0. The predicted octanol–water partition coefficient (Wildman–Crippen LogP) is 2.99. The number of aromatic nitrogens is 4. The normalized spacial score (nSPS) is 14.1. The Bertz CT molecular complexity index is 880. The highest BCUT2D eigenvalue weighted by molar-refractivity contribution is 5.56. The maximum absolute atomic E-state index is 13.2. The number of nitrogens with zero attached hydrogens (tertiary/aromatic N) is 5. The third-order valence-electron chi connectivity index (χ3n) is 4.53. The van der Waals surface area contributed by atoms with Crippen LogP contribution in [0.2, 0.25) is 0 Å². The van der Waals surface area contributed by atoms with E-state index in [1.54, 1.807) is 30.7 Å². The van der Waals surface area contributed by atoms with Crippen molar-refractivity contribution in [2.75, 3.05) is 18.0 Å². The Hall–Kier alpha value is -2.89. The van der Waals surface area contributed by atoms with Gasteiger partial charge in [0.1, 0.15) is 11.6 Å². The molecule has 0 saturated heterocycles. The first-order valence-electron chi connectivity index (χ1n) is 8.34. The summed E-state index contributed by atoms with van der Waals surface area (Å²) in [7, 11) is 0. The average Bonchev–Trinajstić information content (AvgIpc) is 2.86. The lowest BCUT2D eigenvalue weighted by Crippen LogP contribution is -2.26. The molecule has 3 heterocycles. The molecule has 6 heteroatoms. The van der Waals surface area contributed by atoms with Crippen molar-refractivity contribution in [1.29, 1.82) is 0 Å². The maximum atomic E-state index is 13.2. The van der Waals surface area contributed by atoms with Gasteiger partial charge in [-0.2, -0.15) is 0 Å². The highest BCUT2D eigenvalue weighted by Gasteiger charge is 2.19. The average molecular weight is 335 g/mol. The van der Waals surface area contributed by atoms with Gasteiger partial charge in [0.2, 0.25) is 0 Å². The highest BCUT2D eigenvalue weighted by atomic mass is 19.1. The lowest BCUT2D eigenvalue weighted by molar-refractivity contribution is 0.628. The number of fused-ring (bicyclic) bond motifs is 1. The first kappa shape index (κ1) is 15.6. The van der Waals surface area contributed by atoms with E-state index in [-0.39, 0.29) is 5.82 Å². The molecule has 0 atom stereocenters. The van der Waals surface area contributed by atoms with Crippen molar-refractivity contribution < 1.29 is 4.39 Å². The van der Waals surface area contributed by atoms with Gasteiger partial charge in [-0.05, 0) is 43.2 Å². The van der Waals surface area contributed by atoms with Gasteiger partial charge in [-0.25, -0.2) is 19.3 Å². The van der Waals surface area contributed by atoms with Crippen molar-refractivity contribution in [1.82, 2.24) is 19.9 Å². The zero-order valence-corrected chi connectivity index (χ0v) is 14.0. The summed E-state index contributed by atoms with van der Waals surface area (Å²) in [4.78, 5) is 20.2. The summed E-state index contributed by atoms with van der Waals surface area (Å²) in [6.45, 7) is 3.72. The quantitative estimate of drug-likeness (QED) is 0.721. The maximum Gasteiger partial charge on any atom is 0.159 e. The third-order valence-corrected chi connectivity index (χ3v) is 4.53. The zero-order chi connectivity index (χ0) is 17.2. The molecule has 2 aromatic heterocycles. The molecule has 0 N–H and O–H groups in total. The number of hydrogen-bond acceptors (Lipinski definition) is 5. The molecular formula is C19H18FN5. The van der Waals surface area contributed by atoms with Crippen molar-refractivity contribution in [3.63, 3.8) is 0 Å². The standard InChI is InChI=1S/C19H18FN5/c1-13-16-6-10-25(18-12-21-8-9-22-18)11-7-17(16)24-19(23-13)14-2-4-15(20)5-3-14/h2-5,8-9,12H,6-7,10-11H2,1H3. The number of halogens is 1. The van der Waals surface area contributed by atoms with Crippen molar-refractivity contribution >= 4 is 5.82 Å². The molecule has 1 aliphatic rings. The number of aryl methyl sites for hydroxylation is 1. The molecule has 0 saturated carbocycles. The van der Waals surface area contributed by atoms with E-state index < -0.39 is 0 Å². The van der Waals surface area contributed by atoms with Crippen LogP contribution >= 0.6 is 0 Å². The van der Waals surface area contributed by atoms with E-state index >= 15 is 0 Å². The van der Waals surface area contributed by atoms with Gasteiger partial charge >= 0.3 is 0 Å². The van der Waals surface area contributed by atoms with Crippen LogP contribution in [0.5, 0.6) is 0 Å². The van der Waals surface area contributed by atoms with E-state index in [1.165, 1.54) is 17.7 Å². The monoisotopic (exact) mass is 335 g/mol. The lowest BCUT2D eigenvalue weighted by Gasteiger charge is -2.20. The van der Waals surface area contributed by atoms with Gasteiger partial charge in [0.05, 0.1) is 6.20 Å². The fourth-order valence-electron chi connectivity index (χ4n) is 3.20. The van der Waals surface area contributed by atoms with Crippen LogP contribution in [0, 0.1) is 12.7 Å². The molecule has 1 aromatic carbocycles.